The van der Waals surface area contributed by atoms with Crippen molar-refractivity contribution >= 4 is 86.0 Å². The van der Waals surface area contributed by atoms with Crippen LogP contribution in [0.2, 0.25) is 0 Å². The van der Waals surface area contributed by atoms with E-state index in [1.807, 2.05) is 23.5 Å². The van der Waals surface area contributed by atoms with Gasteiger partial charge in [0.15, 0.2) is 0 Å². The molecule has 3 heterocycles. The molecule has 12 rings (SSSR count). The highest BCUT2D eigenvalue weighted by Gasteiger charge is 2.26. The van der Waals surface area contributed by atoms with E-state index in [2.05, 4.69) is 144 Å². The van der Waals surface area contributed by atoms with Crippen molar-refractivity contribution in [3.8, 4) is 39.1 Å². The van der Waals surface area contributed by atoms with Crippen molar-refractivity contribution in [2.45, 2.75) is 0 Å². The van der Waals surface area contributed by atoms with Crippen LogP contribution in [0.15, 0.2) is 156 Å². The molecule has 8 aromatic carbocycles. The van der Waals surface area contributed by atoms with Crippen molar-refractivity contribution < 1.29 is 4.42 Å². The second-order valence-electron chi connectivity index (χ2n) is 13.2. The lowest BCUT2D eigenvalue weighted by Crippen LogP contribution is -1.94. The lowest BCUT2D eigenvalue weighted by Gasteiger charge is -2.11. The molecule has 1 aliphatic carbocycles. The van der Waals surface area contributed by atoms with Crippen LogP contribution in [-0.4, -0.2) is 4.57 Å². The van der Waals surface area contributed by atoms with Crippen LogP contribution in [0, 0.1) is 0 Å². The summed E-state index contributed by atoms with van der Waals surface area (Å²) in [7, 11) is 0. The Morgan fingerprint density at radius 1 is 0.388 bits per heavy atom. The predicted molar refractivity (Wildman–Crippen MR) is 208 cm³/mol. The fraction of sp³-hybridized carbons (Fsp3) is 0. The number of furan rings is 1. The quantitative estimate of drug-likeness (QED) is 0.184. The van der Waals surface area contributed by atoms with Crippen LogP contribution < -0.4 is 0 Å². The smallest absolute Gasteiger partial charge is 0.135 e. The number of hydrogen-bond donors (Lipinski definition) is 0. The topological polar surface area (TPSA) is 18.1 Å². The zero-order valence-electron chi connectivity index (χ0n) is 26.2. The number of thiophene rings is 1. The minimum atomic E-state index is 0.919. The van der Waals surface area contributed by atoms with E-state index in [0.29, 0.717) is 0 Å². The Labute approximate surface area is 284 Å². The third kappa shape index (κ3) is 3.40. The van der Waals surface area contributed by atoms with Crippen LogP contribution in [0.4, 0.5) is 0 Å². The zero-order chi connectivity index (χ0) is 31.8. The predicted octanol–water partition coefficient (Wildman–Crippen LogP) is 13.5. The minimum absolute atomic E-state index is 0.919. The van der Waals surface area contributed by atoms with Gasteiger partial charge in [-0.15, -0.1) is 11.3 Å². The molecule has 0 aliphatic heterocycles. The number of fused-ring (bicyclic) bond motifs is 13. The molecular weight excluding hydrogens is 615 g/mol. The largest absolute Gasteiger partial charge is 0.456 e. The summed E-state index contributed by atoms with van der Waals surface area (Å²) in [6.07, 6.45) is 0. The van der Waals surface area contributed by atoms with Crippen LogP contribution in [0.3, 0.4) is 0 Å². The molecule has 0 spiro atoms. The number of rotatable bonds is 2. The highest BCUT2D eigenvalue weighted by molar-refractivity contribution is 7.25. The average Bonchev–Trinajstić information content (AvgIpc) is 3.90. The number of benzene rings is 8. The van der Waals surface area contributed by atoms with Crippen molar-refractivity contribution in [1.82, 2.24) is 4.57 Å². The third-order valence-electron chi connectivity index (χ3n) is 10.7. The molecule has 3 aromatic heterocycles. The maximum Gasteiger partial charge on any atom is 0.135 e. The number of nitrogens with zero attached hydrogens (tertiary/aromatic N) is 1. The molecule has 0 atom stereocenters. The van der Waals surface area contributed by atoms with Gasteiger partial charge in [-0.25, -0.2) is 0 Å². The van der Waals surface area contributed by atoms with E-state index in [1.165, 1.54) is 91.8 Å². The van der Waals surface area contributed by atoms with Crippen molar-refractivity contribution in [2.24, 2.45) is 0 Å². The Bertz CT molecular complexity index is 3230. The molecule has 49 heavy (non-hydrogen) atoms. The Hall–Kier alpha value is -6.16. The van der Waals surface area contributed by atoms with Crippen molar-refractivity contribution in [3.63, 3.8) is 0 Å². The van der Waals surface area contributed by atoms with Gasteiger partial charge in [-0.1, -0.05) is 91.0 Å². The second-order valence-corrected chi connectivity index (χ2v) is 14.3. The van der Waals surface area contributed by atoms with Crippen LogP contribution in [0.1, 0.15) is 0 Å². The van der Waals surface area contributed by atoms with Crippen LogP contribution >= 0.6 is 11.3 Å². The van der Waals surface area contributed by atoms with Gasteiger partial charge in [-0.05, 0) is 105 Å². The van der Waals surface area contributed by atoms with Crippen molar-refractivity contribution in [3.05, 3.63) is 152 Å². The molecule has 2 nitrogen and oxygen atoms in total. The normalized spacial score (nSPS) is 12.5. The van der Waals surface area contributed by atoms with Crippen molar-refractivity contribution in [1.29, 1.82) is 0 Å². The first-order valence-corrected chi connectivity index (χ1v) is 17.6. The van der Waals surface area contributed by atoms with E-state index in [4.69, 9.17) is 4.42 Å². The van der Waals surface area contributed by atoms with Gasteiger partial charge in [0, 0.05) is 47.4 Å². The maximum atomic E-state index is 6.18. The zero-order valence-corrected chi connectivity index (χ0v) is 27.0. The first-order valence-electron chi connectivity index (χ1n) is 16.8. The van der Waals surface area contributed by atoms with Gasteiger partial charge in [0.2, 0.25) is 0 Å². The summed E-state index contributed by atoms with van der Waals surface area (Å²) in [4.78, 5) is 0. The molecular formula is C46H25NOS. The summed E-state index contributed by atoms with van der Waals surface area (Å²) in [6, 6.07) is 55.9. The fourth-order valence-corrected chi connectivity index (χ4v) is 9.68. The van der Waals surface area contributed by atoms with Gasteiger partial charge in [-0.3, -0.25) is 0 Å². The lowest BCUT2D eigenvalue weighted by atomic mass is 9.96. The first-order chi connectivity index (χ1) is 24.3. The van der Waals surface area contributed by atoms with Gasteiger partial charge in [0.05, 0.1) is 11.0 Å². The summed E-state index contributed by atoms with van der Waals surface area (Å²) in [5, 5.41) is 10.1. The second kappa shape index (κ2) is 9.25. The van der Waals surface area contributed by atoms with Gasteiger partial charge in [0.1, 0.15) is 11.2 Å². The van der Waals surface area contributed by atoms with Crippen LogP contribution in [0.5, 0.6) is 0 Å². The Balaban J connectivity index is 1.19. The van der Waals surface area contributed by atoms with E-state index in [0.717, 1.165) is 21.9 Å². The van der Waals surface area contributed by atoms with Gasteiger partial charge >= 0.3 is 0 Å². The maximum absolute atomic E-state index is 6.18. The molecule has 0 bridgehead atoms. The molecule has 0 saturated heterocycles. The van der Waals surface area contributed by atoms with Gasteiger partial charge in [-0.2, -0.15) is 0 Å². The number of hydrogen-bond acceptors (Lipinski definition) is 2. The summed E-state index contributed by atoms with van der Waals surface area (Å²) >= 11 is 1.87. The Kier molecular flexibility index (Phi) is 4.89. The molecule has 0 amide bonds. The van der Waals surface area contributed by atoms with E-state index in [9.17, 15) is 0 Å². The van der Waals surface area contributed by atoms with Gasteiger partial charge < -0.3 is 8.98 Å². The highest BCUT2D eigenvalue weighted by Crippen LogP contribution is 2.51. The molecule has 0 radical (unpaired) electrons. The Morgan fingerprint density at radius 2 is 1.08 bits per heavy atom. The van der Waals surface area contributed by atoms with Crippen molar-refractivity contribution in [2.75, 3.05) is 0 Å². The number of aromatic nitrogens is 1. The summed E-state index contributed by atoms with van der Waals surface area (Å²) in [5.41, 5.74) is 13.1. The standard InChI is InChI=1S/C46H25NOS/c1-2-9-30-29(8-1)33-12-7-13-34-45(33)37(30)25-40-46(34)38-23-26(27-17-20-42-35(22-27)31-10-3-5-14-41(31)48-42)16-19-39(38)47(40)28-18-21-44-36(24-28)32-11-4-6-15-43(32)49-44/h1-25H. The van der Waals surface area contributed by atoms with Gasteiger partial charge in [0.25, 0.3) is 0 Å². The van der Waals surface area contributed by atoms with E-state index in [1.54, 1.807) is 0 Å². The molecule has 0 unspecified atom stereocenters. The molecule has 0 saturated carbocycles. The molecule has 0 fully saturated rings. The first kappa shape index (κ1) is 25.9. The summed E-state index contributed by atoms with van der Waals surface area (Å²) in [6.45, 7) is 0. The molecule has 1 aliphatic rings. The number of para-hydroxylation sites is 1. The summed E-state index contributed by atoms with van der Waals surface area (Å²) in [5.74, 6) is 0. The molecule has 226 valence electrons. The van der Waals surface area contributed by atoms with E-state index in [-0.39, 0.29) is 0 Å². The minimum Gasteiger partial charge on any atom is -0.456 e. The monoisotopic (exact) mass is 639 g/mol. The SMILES string of the molecule is c1ccc2c(c1)-c1cccc3c1c-2cc1c3c2cc(-c3ccc4oc5ccccc5c4c3)ccc2n1-c1ccc2sc3ccccc3c2c1. The lowest BCUT2D eigenvalue weighted by molar-refractivity contribution is 0.669. The van der Waals surface area contributed by atoms with Crippen LogP contribution in [0.25, 0.3) is 114 Å². The third-order valence-corrected chi connectivity index (χ3v) is 11.9. The average molecular weight is 640 g/mol. The fourth-order valence-electron chi connectivity index (χ4n) is 8.60. The van der Waals surface area contributed by atoms with E-state index >= 15 is 0 Å². The molecule has 11 aromatic rings. The highest BCUT2D eigenvalue weighted by atomic mass is 32.1. The van der Waals surface area contributed by atoms with Crippen LogP contribution in [-0.2, 0) is 0 Å². The Morgan fingerprint density at radius 3 is 2.00 bits per heavy atom. The summed E-state index contributed by atoms with van der Waals surface area (Å²) < 4.78 is 11.3. The molecule has 0 N–H and O–H groups in total. The molecule has 3 heteroatoms. The van der Waals surface area contributed by atoms with E-state index < -0.39 is 0 Å².